The second kappa shape index (κ2) is 17.4. The number of amides is 6. The molecule has 0 bridgehead atoms. The molecule has 17 nitrogen and oxygen atoms in total. The molecule has 0 aromatic carbocycles. The summed E-state index contributed by atoms with van der Waals surface area (Å²) in [4.78, 5) is 84.1. The van der Waals surface area contributed by atoms with Crippen molar-refractivity contribution in [2.75, 3.05) is 24.7 Å². The molecule has 38 heavy (non-hydrogen) atoms. The summed E-state index contributed by atoms with van der Waals surface area (Å²) in [6.07, 6.45) is -0.726. The van der Waals surface area contributed by atoms with Gasteiger partial charge in [0, 0.05) is 11.5 Å². The first-order chi connectivity index (χ1) is 17.7. The van der Waals surface area contributed by atoms with Crippen molar-refractivity contribution in [3.8, 4) is 0 Å². The van der Waals surface area contributed by atoms with Gasteiger partial charge in [0.25, 0.3) is 0 Å². The van der Waals surface area contributed by atoms with Gasteiger partial charge in [0.2, 0.25) is 35.4 Å². The van der Waals surface area contributed by atoms with Crippen molar-refractivity contribution in [1.29, 1.82) is 0 Å². The topological polar surface area (TPSA) is 292 Å². The lowest BCUT2D eigenvalue weighted by molar-refractivity contribution is -0.142. The van der Waals surface area contributed by atoms with Crippen LogP contribution in [0.3, 0.4) is 0 Å². The number of aliphatic hydroxyl groups is 2. The summed E-state index contributed by atoms with van der Waals surface area (Å²) < 4.78 is 0. The van der Waals surface area contributed by atoms with Gasteiger partial charge in [-0.15, -0.1) is 0 Å². The zero-order chi connectivity index (χ0) is 29.6. The van der Waals surface area contributed by atoms with Gasteiger partial charge >= 0.3 is 5.97 Å². The smallest absolute Gasteiger partial charge is 0.327 e. The monoisotopic (exact) mass is 583 g/mol. The lowest BCUT2D eigenvalue weighted by Gasteiger charge is -2.24. The number of hydrogen-bond donors (Lipinski definition) is 12. The first kappa shape index (κ1) is 34.9. The molecule has 0 aliphatic carbocycles. The maximum absolute atomic E-state index is 12.7. The van der Waals surface area contributed by atoms with Gasteiger partial charge in [-0.05, 0) is 6.92 Å². The van der Waals surface area contributed by atoms with Crippen LogP contribution in [0, 0.1) is 0 Å². The molecule has 0 aliphatic heterocycles. The zero-order valence-electron chi connectivity index (χ0n) is 20.2. The fourth-order valence-corrected chi connectivity index (χ4v) is 2.98. The number of carbonyl (C=O) groups is 7. The van der Waals surface area contributed by atoms with Crippen molar-refractivity contribution >= 4 is 66.7 Å². The highest BCUT2D eigenvalue weighted by atomic mass is 32.1. The summed E-state index contributed by atoms with van der Waals surface area (Å²) in [5.74, 6) is -7.72. The second-order valence-electron chi connectivity index (χ2n) is 7.82. The molecular formula is C19H33N7O10S2. The number of aliphatic carboxylic acids is 1. The first-order valence-electron chi connectivity index (χ1n) is 10.9. The van der Waals surface area contributed by atoms with Crippen molar-refractivity contribution in [3.05, 3.63) is 0 Å². The number of carbonyl (C=O) groups excluding carboxylic acids is 6. The van der Waals surface area contributed by atoms with Gasteiger partial charge in [-0.3, -0.25) is 28.8 Å². The summed E-state index contributed by atoms with van der Waals surface area (Å²) in [7, 11) is 0. The number of thiol groups is 2. The largest absolute Gasteiger partial charge is 0.480 e. The van der Waals surface area contributed by atoms with Crippen LogP contribution in [-0.4, -0.2) is 118 Å². The fraction of sp³-hybridized carbons (Fsp3) is 0.632. The SMILES string of the molecule is C[C@H](NC(=O)[C@H](CC(N)=O)NC(=O)[C@H](CO)NC(=O)[C@@H](N)CS)C(=O)N[C@@H](CO)C(=O)N[C@@H](CS)C(=O)O. The normalized spacial score (nSPS) is 15.4. The van der Waals surface area contributed by atoms with Crippen LogP contribution in [0.5, 0.6) is 0 Å². The molecule has 0 radical (unpaired) electrons. The van der Waals surface area contributed by atoms with Crippen LogP contribution < -0.4 is 38.1 Å². The van der Waals surface area contributed by atoms with E-state index in [0.29, 0.717) is 0 Å². The van der Waals surface area contributed by atoms with Crippen molar-refractivity contribution in [3.63, 3.8) is 0 Å². The van der Waals surface area contributed by atoms with E-state index in [-0.39, 0.29) is 11.5 Å². The van der Waals surface area contributed by atoms with Gasteiger partial charge in [0.1, 0.15) is 30.2 Å². The second-order valence-corrected chi connectivity index (χ2v) is 8.55. The molecule has 0 aromatic heterocycles. The Labute approximate surface area is 228 Å². The number of primary amides is 1. The van der Waals surface area contributed by atoms with Crippen LogP contribution in [0.2, 0.25) is 0 Å². The number of nitrogens with two attached hydrogens (primary N) is 2. The third kappa shape index (κ3) is 11.9. The van der Waals surface area contributed by atoms with Crippen molar-refractivity contribution in [1.82, 2.24) is 26.6 Å². The highest BCUT2D eigenvalue weighted by Crippen LogP contribution is 1.98. The molecule has 0 fully saturated rings. The van der Waals surface area contributed by atoms with Crippen LogP contribution in [0.4, 0.5) is 0 Å². The fourth-order valence-electron chi connectivity index (χ4n) is 2.57. The van der Waals surface area contributed by atoms with Crippen molar-refractivity contribution in [2.45, 2.75) is 49.6 Å². The molecule has 12 N–H and O–H groups in total. The Hall–Kier alpha value is -3.13. The molecule has 216 valence electrons. The van der Waals surface area contributed by atoms with E-state index >= 15 is 0 Å². The van der Waals surface area contributed by atoms with E-state index in [4.69, 9.17) is 16.6 Å². The summed E-state index contributed by atoms with van der Waals surface area (Å²) in [6.45, 7) is -0.629. The van der Waals surface area contributed by atoms with E-state index in [0.717, 1.165) is 0 Å². The predicted molar refractivity (Wildman–Crippen MR) is 137 cm³/mol. The van der Waals surface area contributed by atoms with Crippen LogP contribution in [0.15, 0.2) is 0 Å². The van der Waals surface area contributed by atoms with E-state index < -0.39 is 97.3 Å². The molecule has 6 amide bonds. The number of nitrogens with one attached hydrogen (secondary N) is 5. The molecule has 0 rings (SSSR count). The van der Waals surface area contributed by atoms with Gasteiger partial charge < -0.3 is 53.4 Å². The van der Waals surface area contributed by atoms with E-state index in [1.807, 2.05) is 0 Å². The van der Waals surface area contributed by atoms with Crippen molar-refractivity contribution in [2.24, 2.45) is 11.5 Å². The minimum atomic E-state index is -1.64. The van der Waals surface area contributed by atoms with Gasteiger partial charge in [-0.2, -0.15) is 25.3 Å². The first-order valence-corrected chi connectivity index (χ1v) is 12.2. The van der Waals surface area contributed by atoms with Gasteiger partial charge in [-0.25, -0.2) is 4.79 Å². The number of hydrogen-bond acceptors (Lipinski definition) is 12. The minimum absolute atomic E-state index is 0.0631. The van der Waals surface area contributed by atoms with E-state index in [1.165, 1.54) is 6.92 Å². The summed E-state index contributed by atoms with van der Waals surface area (Å²) >= 11 is 7.63. The van der Waals surface area contributed by atoms with Crippen LogP contribution >= 0.6 is 25.3 Å². The Kier molecular flexibility index (Phi) is 16.0. The number of rotatable bonds is 17. The minimum Gasteiger partial charge on any atom is -0.480 e. The molecule has 0 saturated heterocycles. The Morgan fingerprint density at radius 3 is 1.50 bits per heavy atom. The molecular weight excluding hydrogens is 550 g/mol. The Morgan fingerprint density at radius 1 is 0.684 bits per heavy atom. The molecule has 0 spiro atoms. The maximum atomic E-state index is 12.7. The zero-order valence-corrected chi connectivity index (χ0v) is 22.0. The van der Waals surface area contributed by atoms with Gasteiger partial charge in [0.05, 0.1) is 25.7 Å². The lowest BCUT2D eigenvalue weighted by atomic mass is 10.1. The van der Waals surface area contributed by atoms with Crippen molar-refractivity contribution < 1.29 is 48.9 Å². The van der Waals surface area contributed by atoms with Crippen LogP contribution in [0.1, 0.15) is 13.3 Å². The third-order valence-electron chi connectivity index (χ3n) is 4.75. The van der Waals surface area contributed by atoms with E-state index in [9.17, 15) is 43.8 Å². The summed E-state index contributed by atoms with van der Waals surface area (Å²) in [5.41, 5.74) is 10.6. The molecule has 0 saturated carbocycles. The van der Waals surface area contributed by atoms with Crippen LogP contribution in [-0.2, 0) is 33.6 Å². The number of aliphatic hydroxyl groups excluding tert-OH is 2. The van der Waals surface area contributed by atoms with Gasteiger partial charge in [0.15, 0.2) is 0 Å². The lowest BCUT2D eigenvalue weighted by Crippen LogP contribution is -2.60. The number of carboxylic acids is 1. The Balaban J connectivity index is 5.33. The molecule has 0 unspecified atom stereocenters. The van der Waals surface area contributed by atoms with E-state index in [1.54, 1.807) is 0 Å². The molecule has 0 heterocycles. The highest BCUT2D eigenvalue weighted by molar-refractivity contribution is 7.80. The predicted octanol–water partition coefficient (Wildman–Crippen LogP) is -6.44. The molecule has 0 aliphatic rings. The summed E-state index contributed by atoms with van der Waals surface area (Å²) in [6, 6.07) is -8.65. The van der Waals surface area contributed by atoms with Gasteiger partial charge in [-0.1, -0.05) is 0 Å². The maximum Gasteiger partial charge on any atom is 0.327 e. The average molecular weight is 584 g/mol. The molecule has 19 heteroatoms. The van der Waals surface area contributed by atoms with Crippen LogP contribution in [0.25, 0.3) is 0 Å². The standard InChI is InChI=1S/C19H33N7O10S2/c1-7(14(30)24-10(3-27)18(34)26-12(6-38)19(35)36)22-16(32)9(2-13(21)29)23-17(33)11(4-28)25-15(31)8(20)5-37/h7-12,27-28,37-38H,2-6,20H2,1H3,(H2,21,29)(H,22,32)(H,23,33)(H,24,30)(H,25,31)(H,26,34)(H,35,36)/t7-,8-,9-,10-,11-,12-/m0/s1. The third-order valence-corrected chi connectivity index (χ3v) is 5.51. The quantitative estimate of drug-likeness (QED) is 0.0715. The Morgan fingerprint density at radius 2 is 1.11 bits per heavy atom. The average Bonchev–Trinajstić information content (AvgIpc) is 2.86. The Bertz CT molecular complexity index is 894. The van der Waals surface area contributed by atoms with E-state index in [2.05, 4.69) is 51.8 Å². The number of carboxylic acid groups (broad SMARTS) is 1. The molecule has 6 atom stereocenters. The highest BCUT2D eigenvalue weighted by Gasteiger charge is 2.31. The molecule has 0 aromatic rings. The summed E-state index contributed by atoms with van der Waals surface area (Å²) in [5, 5.41) is 38.5.